The van der Waals surface area contributed by atoms with Crippen LogP contribution >= 0.6 is 0 Å². The Morgan fingerprint density at radius 2 is 1.84 bits per heavy atom. The van der Waals surface area contributed by atoms with Gasteiger partial charge >= 0.3 is 17.7 Å². The fourth-order valence-electron chi connectivity index (χ4n) is 3.50. The molecular weight excluding hydrogens is 335 g/mol. The highest BCUT2D eigenvalue weighted by Crippen LogP contribution is 2.33. The van der Waals surface area contributed by atoms with E-state index in [2.05, 4.69) is 4.99 Å². The van der Waals surface area contributed by atoms with Crippen molar-refractivity contribution in [2.24, 2.45) is 0 Å². The van der Waals surface area contributed by atoms with Crippen LogP contribution in [0, 0.1) is 0 Å². The van der Waals surface area contributed by atoms with Crippen LogP contribution in [-0.2, 0) is 9.59 Å². The van der Waals surface area contributed by atoms with E-state index in [1.165, 1.54) is 4.90 Å². The average molecular weight is 354 g/mol. The Morgan fingerprint density at radius 3 is 2.36 bits per heavy atom. The van der Waals surface area contributed by atoms with Crippen LogP contribution in [0.3, 0.4) is 0 Å². The predicted molar refractivity (Wildman–Crippen MR) is 83.2 cm³/mol. The summed E-state index contributed by atoms with van der Waals surface area (Å²) in [5, 5.41) is 1.81. The summed E-state index contributed by atoms with van der Waals surface area (Å²) in [5.74, 6) is -2.02. The minimum atomic E-state index is -4.98. The van der Waals surface area contributed by atoms with Gasteiger partial charge in [-0.2, -0.15) is 18.1 Å². The molecule has 0 spiro atoms. The number of carbonyl (C=O) groups is 2. The van der Waals surface area contributed by atoms with Gasteiger partial charge in [-0.1, -0.05) is 18.2 Å². The molecule has 2 aliphatic rings. The van der Waals surface area contributed by atoms with Gasteiger partial charge in [0.2, 0.25) is 5.91 Å². The molecule has 2 N–H and O–H groups in total. The molecule has 1 atom stereocenters. The molecule has 1 saturated carbocycles. The van der Waals surface area contributed by atoms with E-state index in [0.717, 1.165) is 19.8 Å². The molecule has 8 heteroatoms. The second-order valence-electron chi connectivity index (χ2n) is 6.38. The lowest BCUT2D eigenvalue weighted by molar-refractivity contribution is -0.581. The number of nitrogens with one attached hydrogen (secondary N) is 2. The van der Waals surface area contributed by atoms with E-state index in [9.17, 15) is 22.8 Å². The number of halogens is 3. The Kier molecular flexibility index (Phi) is 4.30. The topological polar surface area (TPSA) is 63.4 Å². The number of hydrogen-bond donors (Lipinski definition) is 2. The van der Waals surface area contributed by atoms with Crippen LogP contribution in [0.2, 0.25) is 0 Å². The van der Waals surface area contributed by atoms with Crippen LogP contribution in [-0.4, -0.2) is 40.4 Å². The summed E-state index contributed by atoms with van der Waals surface area (Å²) in [6.07, 6.45) is -2.00. The van der Waals surface area contributed by atoms with Crippen LogP contribution in [0.5, 0.6) is 0 Å². The number of amides is 2. The molecule has 1 fully saturated rings. The lowest BCUT2D eigenvalue weighted by Gasteiger charge is -2.25. The second-order valence-corrected chi connectivity index (χ2v) is 6.38. The first kappa shape index (κ1) is 17.4. The Balaban J connectivity index is 2.15. The summed E-state index contributed by atoms with van der Waals surface area (Å²) >= 11 is 0. The van der Waals surface area contributed by atoms with Gasteiger partial charge in [0.15, 0.2) is 0 Å². The van der Waals surface area contributed by atoms with Gasteiger partial charge in [0, 0.05) is 6.92 Å². The van der Waals surface area contributed by atoms with Gasteiger partial charge in [0.05, 0.1) is 5.56 Å². The van der Waals surface area contributed by atoms with Crippen LogP contribution in [0.25, 0.3) is 0 Å². The van der Waals surface area contributed by atoms with E-state index in [0.29, 0.717) is 18.4 Å². The minimum Gasteiger partial charge on any atom is -0.298 e. The second kappa shape index (κ2) is 6.16. The van der Waals surface area contributed by atoms with Crippen molar-refractivity contribution in [3.63, 3.8) is 0 Å². The van der Waals surface area contributed by atoms with Gasteiger partial charge in [0.25, 0.3) is 5.84 Å². The highest BCUT2D eigenvalue weighted by atomic mass is 19.4. The van der Waals surface area contributed by atoms with Crippen molar-refractivity contribution in [2.75, 3.05) is 0 Å². The summed E-state index contributed by atoms with van der Waals surface area (Å²) in [6, 6.07) is 8.08. The zero-order valence-corrected chi connectivity index (χ0v) is 13.7. The van der Waals surface area contributed by atoms with Crippen molar-refractivity contribution in [3.05, 3.63) is 35.9 Å². The molecule has 1 heterocycles. The fourth-order valence-corrected chi connectivity index (χ4v) is 3.50. The van der Waals surface area contributed by atoms with Crippen molar-refractivity contribution in [1.82, 2.24) is 10.2 Å². The zero-order chi connectivity index (χ0) is 18.2. The molecule has 1 aliphatic carbocycles. The van der Waals surface area contributed by atoms with Crippen molar-refractivity contribution < 1.29 is 27.8 Å². The maximum atomic E-state index is 13.8. The first-order chi connectivity index (χ1) is 11.8. The maximum absolute atomic E-state index is 13.8. The van der Waals surface area contributed by atoms with E-state index in [-0.39, 0.29) is 11.9 Å². The molecular formula is C17H19F3N3O2+. The fraction of sp³-hybridized carbons (Fsp3) is 0.471. The lowest BCUT2D eigenvalue weighted by Crippen LogP contribution is -2.96. The molecule has 2 amide bonds. The van der Waals surface area contributed by atoms with E-state index >= 15 is 0 Å². The maximum Gasteiger partial charge on any atom is 0.465 e. The highest BCUT2D eigenvalue weighted by molar-refractivity contribution is 6.11. The van der Waals surface area contributed by atoms with Crippen LogP contribution in [0.4, 0.5) is 13.2 Å². The molecule has 1 aliphatic heterocycles. The van der Waals surface area contributed by atoms with Crippen molar-refractivity contribution in [2.45, 2.75) is 50.5 Å². The molecule has 1 aromatic rings. The number of hydrogen-bond acceptors (Lipinski definition) is 2. The Hall–Kier alpha value is -2.38. The molecule has 3 rings (SSSR count). The monoisotopic (exact) mass is 354 g/mol. The van der Waals surface area contributed by atoms with Crippen molar-refractivity contribution >= 4 is 17.6 Å². The number of nitrogens with zero attached hydrogens (tertiary/aromatic N) is 1. The summed E-state index contributed by atoms with van der Waals surface area (Å²) in [4.78, 5) is 27.8. The number of benzene rings is 1. The summed E-state index contributed by atoms with van der Waals surface area (Å²) < 4.78 is 41.5. The van der Waals surface area contributed by atoms with Crippen LogP contribution in [0.15, 0.2) is 30.3 Å². The molecule has 0 aromatic heterocycles. The molecule has 134 valence electrons. The molecule has 5 nitrogen and oxygen atoms in total. The van der Waals surface area contributed by atoms with Crippen LogP contribution in [0.1, 0.15) is 38.2 Å². The van der Waals surface area contributed by atoms with Crippen molar-refractivity contribution in [1.29, 1.82) is 0 Å². The third-order valence-electron chi connectivity index (χ3n) is 4.61. The molecule has 0 bridgehead atoms. The Bertz CT molecular complexity index is 712. The standard InChI is InChI=1S/C17H18F3N3O2/c1-11(24)21-16(17(18,19)20)15(25)23(13-9-5-6-10-13)14(22-16)12-7-3-2-4-8-12/h2-4,7-8,13H,5-6,9-10H2,1H3,(H,21,24)/p+1/t16-/m0/s1. The van der Waals surface area contributed by atoms with Crippen molar-refractivity contribution in [3.8, 4) is 0 Å². The third-order valence-corrected chi connectivity index (χ3v) is 4.61. The lowest BCUT2D eigenvalue weighted by atomic mass is 10.1. The van der Waals surface area contributed by atoms with Gasteiger partial charge < -0.3 is 0 Å². The van der Waals surface area contributed by atoms with Gasteiger partial charge in [0.1, 0.15) is 6.04 Å². The van der Waals surface area contributed by atoms with Gasteiger partial charge in [-0.25, -0.2) is 9.79 Å². The summed E-state index contributed by atoms with van der Waals surface area (Å²) in [5.41, 5.74) is -2.66. The minimum absolute atomic E-state index is 0.0866. The third kappa shape index (κ3) is 2.89. The zero-order valence-electron chi connectivity index (χ0n) is 13.7. The number of amidine groups is 1. The van der Waals surface area contributed by atoms with Crippen LogP contribution < -0.4 is 10.3 Å². The quantitative estimate of drug-likeness (QED) is 0.839. The Labute approximate surface area is 142 Å². The summed E-state index contributed by atoms with van der Waals surface area (Å²) in [7, 11) is 0. The normalized spacial score (nSPS) is 24.6. The number of alkyl halides is 3. The first-order valence-electron chi connectivity index (χ1n) is 8.16. The van der Waals surface area contributed by atoms with Gasteiger partial charge in [-0.05, 0) is 37.8 Å². The molecule has 0 unspecified atom stereocenters. The molecule has 1 aromatic carbocycles. The van der Waals surface area contributed by atoms with Gasteiger partial charge in [-0.3, -0.25) is 10.1 Å². The van der Waals surface area contributed by atoms with Gasteiger partial charge in [-0.15, -0.1) is 0 Å². The van der Waals surface area contributed by atoms with E-state index in [4.69, 9.17) is 0 Å². The largest absolute Gasteiger partial charge is 0.465 e. The smallest absolute Gasteiger partial charge is 0.298 e. The predicted octanol–water partition coefficient (Wildman–Crippen LogP) is 0.693. The van der Waals surface area contributed by atoms with E-state index in [1.807, 2.05) is 5.32 Å². The number of carbonyl (C=O) groups excluding carboxylic acids is 2. The van der Waals surface area contributed by atoms with E-state index in [1.54, 1.807) is 30.3 Å². The first-order valence-corrected chi connectivity index (χ1v) is 8.16. The Morgan fingerprint density at radius 1 is 1.24 bits per heavy atom. The van der Waals surface area contributed by atoms with E-state index < -0.39 is 23.7 Å². The molecule has 0 saturated heterocycles. The highest BCUT2D eigenvalue weighted by Gasteiger charge is 2.73. The summed E-state index contributed by atoms with van der Waals surface area (Å²) in [6.45, 7) is 0.961. The molecule has 25 heavy (non-hydrogen) atoms. The number of rotatable bonds is 3. The SMILES string of the molecule is CC(=O)N[C@]1(C(F)(F)F)[NH+]=C(c2ccccc2)N(C2CCCC2)C1=O. The molecule has 0 radical (unpaired) electrons. The average Bonchev–Trinajstić information content (AvgIpc) is 3.15.